The molecule has 0 spiro atoms. The third-order valence-electron chi connectivity index (χ3n) is 4.40. The Balaban J connectivity index is 1.62. The van der Waals surface area contributed by atoms with Gasteiger partial charge >= 0.3 is 5.97 Å². The lowest BCUT2D eigenvalue weighted by atomic mass is 10.1. The molecule has 1 aliphatic heterocycles. The van der Waals surface area contributed by atoms with Gasteiger partial charge in [-0.1, -0.05) is 29.3 Å². The Morgan fingerprint density at radius 2 is 1.83 bits per heavy atom. The number of hydrogen-bond donors (Lipinski definition) is 0. The number of benzene rings is 2. The van der Waals surface area contributed by atoms with Crippen LogP contribution in [0.15, 0.2) is 60.6 Å². The lowest BCUT2D eigenvalue weighted by molar-refractivity contribution is 0.0733. The number of aromatic nitrogens is 1. The number of nitrogens with zero attached hydrogens (tertiary/aromatic N) is 1. The van der Waals surface area contributed by atoms with E-state index in [9.17, 15) is 9.59 Å². The van der Waals surface area contributed by atoms with Crippen molar-refractivity contribution in [3.05, 3.63) is 92.9 Å². The zero-order valence-electron chi connectivity index (χ0n) is 15.1. The minimum atomic E-state index is -0.522. The Hall–Kier alpha value is -3.15. The summed E-state index contributed by atoms with van der Waals surface area (Å²) in [6.45, 7) is 1.73. The maximum absolute atomic E-state index is 12.7. The van der Waals surface area contributed by atoms with Crippen molar-refractivity contribution < 1.29 is 19.1 Å². The van der Waals surface area contributed by atoms with Gasteiger partial charge in [0.2, 0.25) is 5.78 Å². The van der Waals surface area contributed by atoms with E-state index < -0.39 is 5.97 Å². The van der Waals surface area contributed by atoms with Crippen molar-refractivity contribution in [3.8, 4) is 11.5 Å². The molecule has 29 heavy (non-hydrogen) atoms. The Morgan fingerprint density at radius 1 is 1.07 bits per heavy atom. The summed E-state index contributed by atoms with van der Waals surface area (Å²) in [5.74, 6) is 0.0436. The number of fused-ring (bicyclic) bond motifs is 1. The molecule has 2 aromatic carbocycles. The van der Waals surface area contributed by atoms with Gasteiger partial charge in [0.15, 0.2) is 5.76 Å². The van der Waals surface area contributed by atoms with Gasteiger partial charge in [-0.05, 0) is 55.0 Å². The van der Waals surface area contributed by atoms with Gasteiger partial charge in [0.1, 0.15) is 11.5 Å². The summed E-state index contributed by atoms with van der Waals surface area (Å²) < 4.78 is 11.3. The molecular formula is C22H13Cl2NO4. The molecule has 0 unspecified atom stereocenters. The van der Waals surface area contributed by atoms with Crippen molar-refractivity contribution in [2.75, 3.05) is 0 Å². The number of Topliss-reactive ketones (excluding diaryl/α,β-unsaturated/α-hetero) is 1. The fraction of sp³-hybridized carbons (Fsp3) is 0.0455. The van der Waals surface area contributed by atoms with Crippen molar-refractivity contribution >= 4 is 41.0 Å². The number of ketones is 1. The van der Waals surface area contributed by atoms with Crippen LogP contribution in [0.1, 0.15) is 31.8 Å². The number of allylic oxidation sites excluding steroid dienone is 1. The largest absolute Gasteiger partial charge is 0.452 e. The number of rotatable bonds is 3. The van der Waals surface area contributed by atoms with Crippen molar-refractivity contribution in [3.63, 3.8) is 0 Å². The van der Waals surface area contributed by atoms with Gasteiger partial charge < -0.3 is 9.47 Å². The van der Waals surface area contributed by atoms with E-state index in [-0.39, 0.29) is 11.5 Å². The zero-order valence-corrected chi connectivity index (χ0v) is 16.6. The van der Waals surface area contributed by atoms with Gasteiger partial charge in [-0.2, -0.15) is 0 Å². The number of hydrogen-bond acceptors (Lipinski definition) is 5. The standard InChI is InChI=1S/C22H13Cl2NO4/c1-12-18(29-22(27)14-6-8-25-9-7-14)5-3-15-20(26)19(28-21(12)15)11-13-2-4-16(23)17(24)10-13/h2-11H,1H3/b19-11-. The highest BCUT2D eigenvalue weighted by molar-refractivity contribution is 6.42. The second kappa shape index (κ2) is 7.70. The third-order valence-corrected chi connectivity index (χ3v) is 5.14. The van der Waals surface area contributed by atoms with E-state index in [0.717, 1.165) is 0 Å². The van der Waals surface area contributed by atoms with Crippen LogP contribution in [0.2, 0.25) is 10.0 Å². The molecule has 144 valence electrons. The van der Waals surface area contributed by atoms with Crippen molar-refractivity contribution in [2.24, 2.45) is 0 Å². The molecule has 0 aliphatic carbocycles. The minimum Gasteiger partial charge on any atom is -0.452 e. The summed E-state index contributed by atoms with van der Waals surface area (Å²) in [4.78, 5) is 28.9. The van der Waals surface area contributed by atoms with E-state index in [4.69, 9.17) is 32.7 Å². The van der Waals surface area contributed by atoms with Gasteiger partial charge in [-0.3, -0.25) is 9.78 Å². The maximum atomic E-state index is 12.7. The summed E-state index contributed by atoms with van der Waals surface area (Å²) in [6, 6.07) is 11.3. The molecule has 3 aromatic rings. The van der Waals surface area contributed by atoms with Crippen molar-refractivity contribution in [2.45, 2.75) is 6.92 Å². The SMILES string of the molecule is Cc1c(OC(=O)c2ccncc2)ccc2c1O/C(=C\c1ccc(Cl)c(Cl)c1)C2=O. The lowest BCUT2D eigenvalue weighted by Gasteiger charge is -2.10. The number of carbonyl (C=O) groups excluding carboxylic acids is 2. The van der Waals surface area contributed by atoms with Crippen LogP contribution in [0, 0.1) is 6.92 Å². The second-order valence-corrected chi connectivity index (χ2v) is 7.12. The van der Waals surface area contributed by atoms with Gasteiger partial charge in [-0.15, -0.1) is 0 Å². The Kier molecular flexibility index (Phi) is 5.09. The van der Waals surface area contributed by atoms with Gasteiger partial charge in [0.05, 0.1) is 21.2 Å². The number of pyridine rings is 1. The monoisotopic (exact) mass is 425 g/mol. The van der Waals surface area contributed by atoms with Crippen LogP contribution < -0.4 is 9.47 Å². The van der Waals surface area contributed by atoms with Gasteiger partial charge in [-0.25, -0.2) is 4.79 Å². The summed E-state index contributed by atoms with van der Waals surface area (Å²) in [6.07, 6.45) is 4.61. The van der Waals surface area contributed by atoms with E-state index in [1.54, 1.807) is 55.5 Å². The van der Waals surface area contributed by atoms with Crippen LogP contribution in [0.5, 0.6) is 11.5 Å². The first-order valence-electron chi connectivity index (χ1n) is 8.59. The quantitative estimate of drug-likeness (QED) is 0.313. The second-order valence-electron chi connectivity index (χ2n) is 6.30. The van der Waals surface area contributed by atoms with Crippen molar-refractivity contribution in [1.29, 1.82) is 0 Å². The molecule has 0 saturated heterocycles. The fourth-order valence-electron chi connectivity index (χ4n) is 2.88. The van der Waals surface area contributed by atoms with Gasteiger partial charge in [0, 0.05) is 18.0 Å². The van der Waals surface area contributed by atoms with Crippen molar-refractivity contribution in [1.82, 2.24) is 4.98 Å². The minimum absolute atomic E-state index is 0.152. The van der Waals surface area contributed by atoms with Crippen LogP contribution in [-0.2, 0) is 0 Å². The highest BCUT2D eigenvalue weighted by Crippen LogP contribution is 2.39. The average molecular weight is 426 g/mol. The number of ether oxygens (including phenoxy) is 2. The first-order chi connectivity index (χ1) is 13.9. The fourth-order valence-corrected chi connectivity index (χ4v) is 3.19. The first-order valence-corrected chi connectivity index (χ1v) is 9.35. The number of carbonyl (C=O) groups is 2. The Morgan fingerprint density at radius 3 is 2.55 bits per heavy atom. The summed E-state index contributed by atoms with van der Waals surface area (Å²) in [7, 11) is 0. The molecule has 0 amide bonds. The van der Waals surface area contributed by atoms with Crippen LogP contribution in [-0.4, -0.2) is 16.7 Å². The molecular weight excluding hydrogens is 413 g/mol. The molecule has 0 fully saturated rings. The molecule has 2 heterocycles. The molecule has 0 bridgehead atoms. The molecule has 0 atom stereocenters. The molecule has 0 N–H and O–H groups in total. The van der Waals surface area contributed by atoms with E-state index in [0.29, 0.717) is 43.8 Å². The predicted octanol–water partition coefficient (Wildman–Crippen LogP) is 5.53. The molecule has 1 aliphatic rings. The Bertz CT molecular complexity index is 1170. The topological polar surface area (TPSA) is 65.5 Å². The number of halogens is 2. The maximum Gasteiger partial charge on any atom is 0.343 e. The summed E-state index contributed by atoms with van der Waals surface area (Å²) >= 11 is 12.0. The predicted molar refractivity (Wildman–Crippen MR) is 110 cm³/mol. The molecule has 0 radical (unpaired) electrons. The van der Waals surface area contributed by atoms with Gasteiger partial charge in [0.25, 0.3) is 0 Å². The molecule has 4 rings (SSSR count). The molecule has 0 saturated carbocycles. The van der Waals surface area contributed by atoms with Crippen LogP contribution in [0.25, 0.3) is 6.08 Å². The van der Waals surface area contributed by atoms with Crippen LogP contribution in [0.4, 0.5) is 0 Å². The smallest absolute Gasteiger partial charge is 0.343 e. The van der Waals surface area contributed by atoms with Crippen LogP contribution >= 0.6 is 23.2 Å². The van der Waals surface area contributed by atoms with E-state index in [1.165, 1.54) is 12.4 Å². The molecule has 7 heteroatoms. The van der Waals surface area contributed by atoms with Crippen LogP contribution in [0.3, 0.4) is 0 Å². The van der Waals surface area contributed by atoms with E-state index in [2.05, 4.69) is 4.98 Å². The summed E-state index contributed by atoms with van der Waals surface area (Å²) in [5.41, 5.74) is 2.00. The first kappa shape index (κ1) is 19.2. The highest BCUT2D eigenvalue weighted by Gasteiger charge is 2.30. The average Bonchev–Trinajstić information content (AvgIpc) is 3.04. The van der Waals surface area contributed by atoms with E-state index >= 15 is 0 Å². The highest BCUT2D eigenvalue weighted by atomic mass is 35.5. The third kappa shape index (κ3) is 3.75. The Labute approximate surface area is 176 Å². The molecule has 1 aromatic heterocycles. The number of esters is 1. The zero-order chi connectivity index (χ0) is 20.5. The summed E-state index contributed by atoms with van der Waals surface area (Å²) in [5, 5.41) is 0.803. The normalized spacial score (nSPS) is 13.9. The lowest BCUT2D eigenvalue weighted by Crippen LogP contribution is -2.09. The van der Waals surface area contributed by atoms with E-state index in [1.807, 2.05) is 0 Å². The molecule has 5 nitrogen and oxygen atoms in total.